The van der Waals surface area contributed by atoms with Crippen molar-refractivity contribution in [3.63, 3.8) is 0 Å². The van der Waals surface area contributed by atoms with E-state index in [2.05, 4.69) is 32.3 Å². The second kappa shape index (κ2) is 12.8. The number of nitrogens with one attached hydrogen (secondary N) is 2. The molecule has 0 spiro atoms. The molecule has 0 fully saturated rings. The van der Waals surface area contributed by atoms with Crippen molar-refractivity contribution in [3.05, 3.63) is 45.9 Å². The molecule has 150 valence electrons. The first-order valence-corrected chi connectivity index (χ1v) is 9.42. The summed E-state index contributed by atoms with van der Waals surface area (Å²) in [6, 6.07) is 6.68. The highest BCUT2D eigenvalue weighted by Gasteiger charge is 2.09. The molecule has 0 aliphatic rings. The standard InChI is InChI=1S/C18H24F2N4OS.HI/c1-3-14-12-23-16(26-14)9-10-22-18(21-4-2)24-11-13-7-5-6-8-15(13)25-17(19)20;/h5-8,12,17H,3-4,9-11H2,1-2H3,(H2,21,22,24);1H. The van der Waals surface area contributed by atoms with E-state index in [0.29, 0.717) is 24.6 Å². The molecule has 5 nitrogen and oxygen atoms in total. The van der Waals surface area contributed by atoms with Crippen LogP contribution in [-0.2, 0) is 19.4 Å². The van der Waals surface area contributed by atoms with Crippen LogP contribution in [0.1, 0.15) is 29.3 Å². The molecule has 1 aromatic heterocycles. The maximum Gasteiger partial charge on any atom is 0.387 e. The number of aliphatic imine (C=N–C) groups is 1. The Balaban J connectivity index is 0.00000364. The van der Waals surface area contributed by atoms with E-state index >= 15 is 0 Å². The van der Waals surface area contributed by atoms with E-state index < -0.39 is 6.61 Å². The van der Waals surface area contributed by atoms with Crippen molar-refractivity contribution in [1.29, 1.82) is 0 Å². The number of alkyl halides is 2. The summed E-state index contributed by atoms with van der Waals surface area (Å²) in [5.74, 6) is 0.781. The molecular weight excluding hydrogens is 485 g/mol. The number of thiazole rings is 1. The highest BCUT2D eigenvalue weighted by molar-refractivity contribution is 14.0. The Morgan fingerprint density at radius 2 is 2.04 bits per heavy atom. The van der Waals surface area contributed by atoms with Crippen LogP contribution >= 0.6 is 35.3 Å². The quantitative estimate of drug-likeness (QED) is 0.302. The predicted molar refractivity (Wildman–Crippen MR) is 117 cm³/mol. The van der Waals surface area contributed by atoms with E-state index in [0.717, 1.165) is 17.8 Å². The number of guanidine groups is 1. The summed E-state index contributed by atoms with van der Waals surface area (Å²) in [5.41, 5.74) is 0.609. The van der Waals surface area contributed by atoms with Crippen LogP contribution in [0.4, 0.5) is 8.78 Å². The lowest BCUT2D eigenvalue weighted by Gasteiger charge is -2.12. The molecule has 2 N–H and O–H groups in total. The number of aryl methyl sites for hydroxylation is 1. The Morgan fingerprint density at radius 1 is 1.26 bits per heavy atom. The second-order valence-electron chi connectivity index (χ2n) is 5.43. The van der Waals surface area contributed by atoms with Crippen LogP contribution in [0.3, 0.4) is 0 Å². The number of aromatic nitrogens is 1. The molecule has 0 amide bonds. The first kappa shape index (κ1) is 23.5. The van der Waals surface area contributed by atoms with Gasteiger partial charge in [-0.2, -0.15) is 8.78 Å². The van der Waals surface area contributed by atoms with Crippen LogP contribution < -0.4 is 15.4 Å². The van der Waals surface area contributed by atoms with Crippen molar-refractivity contribution in [3.8, 4) is 5.75 Å². The fraction of sp³-hybridized carbons (Fsp3) is 0.444. The van der Waals surface area contributed by atoms with Gasteiger partial charge in [0.1, 0.15) is 5.75 Å². The molecule has 0 bridgehead atoms. The van der Waals surface area contributed by atoms with Crippen LogP contribution in [0, 0.1) is 0 Å². The van der Waals surface area contributed by atoms with E-state index in [4.69, 9.17) is 0 Å². The maximum atomic E-state index is 12.5. The van der Waals surface area contributed by atoms with E-state index in [1.54, 1.807) is 29.5 Å². The van der Waals surface area contributed by atoms with Gasteiger partial charge in [-0.05, 0) is 19.4 Å². The average molecular weight is 510 g/mol. The molecule has 1 aromatic carbocycles. The Labute approximate surface area is 179 Å². The Bertz CT molecular complexity index is 712. The van der Waals surface area contributed by atoms with Crippen LogP contribution in [0.15, 0.2) is 35.5 Å². The summed E-state index contributed by atoms with van der Waals surface area (Å²) in [4.78, 5) is 10.1. The first-order chi connectivity index (χ1) is 12.6. The monoisotopic (exact) mass is 510 g/mol. The van der Waals surface area contributed by atoms with Gasteiger partial charge in [0.05, 0.1) is 11.6 Å². The van der Waals surface area contributed by atoms with Crippen LogP contribution in [-0.4, -0.2) is 30.6 Å². The van der Waals surface area contributed by atoms with Gasteiger partial charge in [0.15, 0.2) is 5.96 Å². The molecule has 27 heavy (non-hydrogen) atoms. The third-order valence-corrected chi connectivity index (χ3v) is 4.72. The molecular formula is C18H25F2IN4OS. The summed E-state index contributed by atoms with van der Waals surface area (Å²) in [5, 5.41) is 7.48. The Hall–Kier alpha value is -1.49. The summed E-state index contributed by atoms with van der Waals surface area (Å²) in [6.45, 7) is 2.88. The second-order valence-corrected chi connectivity index (χ2v) is 6.63. The number of benzene rings is 1. The third kappa shape index (κ3) is 8.37. The third-order valence-electron chi connectivity index (χ3n) is 3.52. The van der Waals surface area contributed by atoms with Gasteiger partial charge in [-0.25, -0.2) is 9.98 Å². The van der Waals surface area contributed by atoms with Gasteiger partial charge in [0.2, 0.25) is 0 Å². The van der Waals surface area contributed by atoms with Gasteiger partial charge >= 0.3 is 6.61 Å². The van der Waals surface area contributed by atoms with Gasteiger partial charge < -0.3 is 15.4 Å². The highest BCUT2D eigenvalue weighted by Crippen LogP contribution is 2.21. The molecule has 0 atom stereocenters. The lowest BCUT2D eigenvalue weighted by molar-refractivity contribution is -0.0504. The van der Waals surface area contributed by atoms with Crippen molar-refractivity contribution in [2.75, 3.05) is 13.1 Å². The molecule has 2 rings (SSSR count). The lowest BCUT2D eigenvalue weighted by Crippen LogP contribution is -2.38. The maximum absolute atomic E-state index is 12.5. The minimum atomic E-state index is -2.85. The van der Waals surface area contributed by atoms with Gasteiger partial charge in [0.25, 0.3) is 0 Å². The molecule has 0 unspecified atom stereocenters. The number of halogens is 3. The first-order valence-electron chi connectivity index (χ1n) is 8.60. The number of ether oxygens (including phenoxy) is 1. The zero-order valence-electron chi connectivity index (χ0n) is 15.4. The minimum absolute atomic E-state index is 0. The summed E-state index contributed by atoms with van der Waals surface area (Å²) < 4.78 is 29.5. The molecule has 0 aliphatic carbocycles. The topological polar surface area (TPSA) is 58.5 Å². The number of nitrogens with zero attached hydrogens (tertiary/aromatic N) is 2. The lowest BCUT2D eigenvalue weighted by atomic mass is 10.2. The predicted octanol–water partition coefficient (Wildman–Crippen LogP) is 4.22. The molecule has 2 aromatic rings. The van der Waals surface area contributed by atoms with Crippen LogP contribution in [0.2, 0.25) is 0 Å². The minimum Gasteiger partial charge on any atom is -0.434 e. The zero-order valence-corrected chi connectivity index (χ0v) is 18.5. The zero-order chi connectivity index (χ0) is 18.8. The van der Waals surface area contributed by atoms with E-state index in [1.807, 2.05) is 13.1 Å². The van der Waals surface area contributed by atoms with Crippen molar-refractivity contribution in [2.24, 2.45) is 4.99 Å². The van der Waals surface area contributed by atoms with Crippen LogP contribution in [0.25, 0.3) is 0 Å². The molecule has 0 aliphatic heterocycles. The molecule has 1 heterocycles. The summed E-state index contributed by atoms with van der Waals surface area (Å²) in [6.07, 6.45) is 3.72. The molecule has 0 radical (unpaired) electrons. The number of para-hydroxylation sites is 1. The van der Waals surface area contributed by atoms with Crippen molar-refractivity contribution in [1.82, 2.24) is 15.6 Å². The highest BCUT2D eigenvalue weighted by atomic mass is 127. The SMILES string of the molecule is CCNC(=NCc1ccccc1OC(F)F)NCCc1ncc(CC)s1.I. The average Bonchev–Trinajstić information content (AvgIpc) is 3.08. The van der Waals surface area contributed by atoms with Gasteiger partial charge in [-0.15, -0.1) is 35.3 Å². The Kier molecular flexibility index (Phi) is 11.2. The fourth-order valence-corrected chi connectivity index (χ4v) is 3.13. The van der Waals surface area contributed by atoms with Crippen molar-refractivity contribution >= 4 is 41.3 Å². The number of rotatable bonds is 9. The number of hydrogen-bond donors (Lipinski definition) is 2. The molecule has 0 saturated heterocycles. The van der Waals surface area contributed by atoms with Crippen molar-refractivity contribution in [2.45, 2.75) is 39.8 Å². The smallest absolute Gasteiger partial charge is 0.387 e. The normalized spacial score (nSPS) is 11.2. The largest absolute Gasteiger partial charge is 0.434 e. The molecule has 9 heteroatoms. The van der Waals surface area contributed by atoms with Gasteiger partial charge in [-0.3, -0.25) is 0 Å². The number of hydrogen-bond acceptors (Lipinski definition) is 4. The van der Waals surface area contributed by atoms with Crippen LogP contribution in [0.5, 0.6) is 5.75 Å². The van der Waals surface area contributed by atoms with E-state index in [9.17, 15) is 8.78 Å². The van der Waals surface area contributed by atoms with Gasteiger partial charge in [-0.1, -0.05) is 25.1 Å². The summed E-state index contributed by atoms with van der Waals surface area (Å²) >= 11 is 1.72. The fourth-order valence-electron chi connectivity index (χ4n) is 2.27. The summed E-state index contributed by atoms with van der Waals surface area (Å²) in [7, 11) is 0. The molecule has 0 saturated carbocycles. The Morgan fingerprint density at radius 3 is 2.70 bits per heavy atom. The van der Waals surface area contributed by atoms with E-state index in [-0.39, 0.29) is 36.3 Å². The van der Waals surface area contributed by atoms with E-state index in [1.165, 1.54) is 10.9 Å². The van der Waals surface area contributed by atoms with Gasteiger partial charge in [0, 0.05) is 36.1 Å². The van der Waals surface area contributed by atoms with Crippen molar-refractivity contribution < 1.29 is 13.5 Å².